The molecule has 0 spiro atoms. The number of fused-ring (bicyclic) bond motifs is 1. The fourth-order valence-electron chi connectivity index (χ4n) is 2.41. The molecule has 0 radical (unpaired) electrons. The largest absolute Gasteiger partial charge is 0.484 e. The maximum atomic E-state index is 13.9. The number of aryl methyl sites for hydroxylation is 1. The molecule has 0 bridgehead atoms. The van der Waals surface area contributed by atoms with E-state index in [0.29, 0.717) is 5.56 Å². The summed E-state index contributed by atoms with van der Waals surface area (Å²) < 4.78 is 21.3. The van der Waals surface area contributed by atoms with E-state index in [1.54, 1.807) is 16.8 Å². The summed E-state index contributed by atoms with van der Waals surface area (Å²) in [7, 11) is 1.88. The highest BCUT2D eigenvalue weighted by atomic mass is 19.1. The zero-order valence-electron chi connectivity index (χ0n) is 11.7. The van der Waals surface area contributed by atoms with Crippen molar-refractivity contribution in [3.63, 3.8) is 0 Å². The summed E-state index contributed by atoms with van der Waals surface area (Å²) in [6, 6.07) is 12.6. The van der Waals surface area contributed by atoms with Gasteiger partial charge < -0.3 is 10.5 Å². The molecule has 0 aliphatic rings. The lowest BCUT2D eigenvalue weighted by Gasteiger charge is -2.10. The van der Waals surface area contributed by atoms with Crippen LogP contribution < -0.4 is 10.5 Å². The van der Waals surface area contributed by atoms with Crippen molar-refractivity contribution in [1.29, 1.82) is 0 Å². The molecule has 1 aromatic heterocycles. The van der Waals surface area contributed by atoms with Gasteiger partial charge >= 0.3 is 0 Å². The lowest BCUT2D eigenvalue weighted by atomic mass is 10.2. The van der Waals surface area contributed by atoms with E-state index >= 15 is 0 Å². The molecule has 2 N–H and O–H groups in total. The number of rotatable bonds is 4. The first kappa shape index (κ1) is 13.6. The van der Waals surface area contributed by atoms with Crippen LogP contribution in [-0.2, 0) is 20.2 Å². The Morgan fingerprint density at radius 1 is 1.19 bits per heavy atom. The van der Waals surface area contributed by atoms with Crippen LogP contribution in [0.5, 0.6) is 5.75 Å². The van der Waals surface area contributed by atoms with Gasteiger partial charge in [-0.2, -0.15) is 5.10 Å². The van der Waals surface area contributed by atoms with Crippen molar-refractivity contribution in [2.24, 2.45) is 12.8 Å². The number of nitrogens with two attached hydrogens (primary N) is 1. The average Bonchev–Trinajstić information content (AvgIpc) is 2.83. The first-order valence-electron chi connectivity index (χ1n) is 6.71. The van der Waals surface area contributed by atoms with Crippen molar-refractivity contribution in [3.8, 4) is 5.75 Å². The van der Waals surface area contributed by atoms with Crippen molar-refractivity contribution >= 4 is 10.9 Å². The van der Waals surface area contributed by atoms with Gasteiger partial charge in [-0.05, 0) is 12.1 Å². The molecule has 5 heteroatoms. The van der Waals surface area contributed by atoms with Crippen LogP contribution in [0.25, 0.3) is 10.9 Å². The average molecular weight is 285 g/mol. The van der Waals surface area contributed by atoms with Crippen LogP contribution in [0.15, 0.2) is 42.5 Å². The van der Waals surface area contributed by atoms with E-state index in [1.165, 1.54) is 6.07 Å². The minimum Gasteiger partial charge on any atom is -0.484 e. The second kappa shape index (κ2) is 5.54. The Morgan fingerprint density at radius 2 is 2.00 bits per heavy atom. The topological polar surface area (TPSA) is 53.1 Å². The van der Waals surface area contributed by atoms with E-state index in [2.05, 4.69) is 5.10 Å². The van der Waals surface area contributed by atoms with E-state index in [9.17, 15) is 4.39 Å². The van der Waals surface area contributed by atoms with Gasteiger partial charge in [-0.1, -0.05) is 30.3 Å². The van der Waals surface area contributed by atoms with E-state index in [-0.39, 0.29) is 18.9 Å². The molecule has 0 saturated heterocycles. The summed E-state index contributed by atoms with van der Waals surface area (Å²) in [6.45, 7) is 0.436. The van der Waals surface area contributed by atoms with Crippen LogP contribution in [0.3, 0.4) is 0 Å². The highest BCUT2D eigenvalue weighted by Gasteiger charge is 2.12. The molecule has 3 rings (SSSR count). The van der Waals surface area contributed by atoms with Gasteiger partial charge in [0.05, 0.1) is 5.52 Å². The predicted molar refractivity (Wildman–Crippen MR) is 79.3 cm³/mol. The van der Waals surface area contributed by atoms with Gasteiger partial charge in [0.1, 0.15) is 12.3 Å². The Kier molecular flexibility index (Phi) is 3.58. The van der Waals surface area contributed by atoms with Crippen molar-refractivity contribution < 1.29 is 9.13 Å². The molecule has 108 valence electrons. The molecule has 0 atom stereocenters. The van der Waals surface area contributed by atoms with Crippen molar-refractivity contribution in [2.45, 2.75) is 13.2 Å². The molecule has 0 aliphatic carbocycles. The van der Waals surface area contributed by atoms with Crippen LogP contribution in [0.2, 0.25) is 0 Å². The number of nitrogens with zero attached hydrogens (tertiary/aromatic N) is 2. The van der Waals surface area contributed by atoms with Crippen molar-refractivity contribution in [2.75, 3.05) is 0 Å². The number of para-hydroxylation sites is 2. The standard InChI is InChI=1S/C16H16FN3O/c1-20-15-8-3-2-6-12(15)14(19-20)10-21-16-11(9-18)5-4-7-13(16)17/h2-8H,9-10,18H2,1H3. The van der Waals surface area contributed by atoms with E-state index < -0.39 is 5.82 Å². The van der Waals surface area contributed by atoms with Gasteiger partial charge in [-0.25, -0.2) is 4.39 Å². The monoisotopic (exact) mass is 285 g/mol. The molecule has 1 heterocycles. The molecule has 2 aromatic carbocycles. The number of aromatic nitrogens is 2. The van der Waals surface area contributed by atoms with Crippen molar-refractivity contribution in [1.82, 2.24) is 9.78 Å². The Balaban J connectivity index is 1.91. The summed E-state index contributed by atoms with van der Waals surface area (Å²) in [5, 5.41) is 5.43. The van der Waals surface area contributed by atoms with Gasteiger partial charge in [0.2, 0.25) is 0 Å². The van der Waals surface area contributed by atoms with Crippen molar-refractivity contribution in [3.05, 3.63) is 59.5 Å². The first-order valence-corrected chi connectivity index (χ1v) is 6.71. The fourth-order valence-corrected chi connectivity index (χ4v) is 2.41. The molecule has 4 nitrogen and oxygen atoms in total. The van der Waals surface area contributed by atoms with Crippen LogP contribution in [-0.4, -0.2) is 9.78 Å². The molecule has 3 aromatic rings. The normalized spacial score (nSPS) is 11.0. The molecular formula is C16H16FN3O. The minimum absolute atomic E-state index is 0.203. The molecule has 0 aliphatic heterocycles. The summed E-state index contributed by atoms with van der Waals surface area (Å²) in [5.74, 6) is -0.201. The van der Waals surface area contributed by atoms with Crippen LogP contribution in [0, 0.1) is 5.82 Å². The van der Waals surface area contributed by atoms with Crippen LogP contribution >= 0.6 is 0 Å². The zero-order valence-corrected chi connectivity index (χ0v) is 11.7. The molecule has 0 unspecified atom stereocenters. The van der Waals surface area contributed by atoms with Gasteiger partial charge in [0.25, 0.3) is 0 Å². The molecule has 0 fully saturated rings. The molecule has 0 saturated carbocycles. The predicted octanol–water partition coefficient (Wildman–Crippen LogP) is 2.75. The lowest BCUT2D eigenvalue weighted by Crippen LogP contribution is -2.05. The summed E-state index contributed by atoms with van der Waals surface area (Å²) in [5.41, 5.74) is 8.06. The maximum Gasteiger partial charge on any atom is 0.165 e. The second-order valence-electron chi connectivity index (χ2n) is 4.81. The Morgan fingerprint density at radius 3 is 2.81 bits per heavy atom. The minimum atomic E-state index is -0.404. The third-order valence-corrected chi connectivity index (χ3v) is 3.46. The third-order valence-electron chi connectivity index (χ3n) is 3.46. The fraction of sp³-hybridized carbons (Fsp3) is 0.188. The Bertz CT molecular complexity index is 782. The molecule has 0 amide bonds. The third kappa shape index (κ3) is 2.48. The molecular weight excluding hydrogens is 269 g/mol. The van der Waals surface area contributed by atoms with Gasteiger partial charge in [0.15, 0.2) is 11.6 Å². The highest BCUT2D eigenvalue weighted by Crippen LogP contribution is 2.25. The Labute approximate surface area is 121 Å². The second-order valence-corrected chi connectivity index (χ2v) is 4.81. The number of benzene rings is 2. The van der Waals surface area contributed by atoms with Crippen LogP contribution in [0.1, 0.15) is 11.3 Å². The van der Waals surface area contributed by atoms with E-state index in [0.717, 1.165) is 16.6 Å². The number of halogens is 1. The SMILES string of the molecule is Cn1nc(COc2c(F)cccc2CN)c2ccccc21. The number of hydrogen-bond acceptors (Lipinski definition) is 3. The number of hydrogen-bond donors (Lipinski definition) is 1. The zero-order chi connectivity index (χ0) is 14.8. The number of ether oxygens (including phenoxy) is 1. The first-order chi connectivity index (χ1) is 10.2. The Hall–Kier alpha value is -2.40. The highest BCUT2D eigenvalue weighted by molar-refractivity contribution is 5.81. The molecule has 21 heavy (non-hydrogen) atoms. The lowest BCUT2D eigenvalue weighted by molar-refractivity contribution is 0.283. The quantitative estimate of drug-likeness (QED) is 0.802. The smallest absolute Gasteiger partial charge is 0.165 e. The van der Waals surface area contributed by atoms with Gasteiger partial charge in [-0.3, -0.25) is 4.68 Å². The van der Waals surface area contributed by atoms with Gasteiger partial charge in [0, 0.05) is 24.5 Å². The maximum absolute atomic E-state index is 13.9. The summed E-state index contributed by atoms with van der Waals surface area (Å²) in [6.07, 6.45) is 0. The van der Waals surface area contributed by atoms with E-state index in [1.807, 2.05) is 31.3 Å². The summed E-state index contributed by atoms with van der Waals surface area (Å²) >= 11 is 0. The van der Waals surface area contributed by atoms with Crippen LogP contribution in [0.4, 0.5) is 4.39 Å². The summed E-state index contributed by atoms with van der Waals surface area (Å²) in [4.78, 5) is 0. The van der Waals surface area contributed by atoms with Gasteiger partial charge in [-0.15, -0.1) is 0 Å². The van der Waals surface area contributed by atoms with E-state index in [4.69, 9.17) is 10.5 Å².